The molecule has 2 heterocycles. The molecule has 0 unspecified atom stereocenters. The van der Waals surface area contributed by atoms with E-state index in [1.54, 1.807) is 17.9 Å². The van der Waals surface area contributed by atoms with Crippen molar-refractivity contribution in [2.24, 2.45) is 12.5 Å². The molecule has 2 aromatic heterocycles. The molecule has 1 saturated carbocycles. The number of sulfone groups is 1. The van der Waals surface area contributed by atoms with Crippen LogP contribution in [-0.2, 0) is 23.4 Å². The maximum absolute atomic E-state index is 13.3. The number of nitrogens with one attached hydrogen (secondary N) is 1. The second-order valence-electron chi connectivity index (χ2n) is 9.01. The van der Waals surface area contributed by atoms with Crippen molar-refractivity contribution in [2.75, 3.05) is 19.8 Å². The Labute approximate surface area is 184 Å². The molecule has 1 N–H and O–H groups in total. The van der Waals surface area contributed by atoms with Gasteiger partial charge in [-0.2, -0.15) is 5.10 Å². The minimum absolute atomic E-state index is 0.0257. The molecule has 0 saturated heterocycles. The highest BCUT2D eigenvalue weighted by Gasteiger charge is 2.42. The van der Waals surface area contributed by atoms with Crippen molar-refractivity contribution in [3.63, 3.8) is 0 Å². The highest BCUT2D eigenvalue weighted by molar-refractivity contribution is 7.91. The number of fused-ring (bicyclic) bond motifs is 1. The van der Waals surface area contributed by atoms with Gasteiger partial charge in [-0.25, -0.2) is 13.2 Å². The Hall–Kier alpha value is -3.21. The van der Waals surface area contributed by atoms with Gasteiger partial charge in [-0.3, -0.25) is 18.8 Å². The highest BCUT2D eigenvalue weighted by Crippen LogP contribution is 2.47. The summed E-state index contributed by atoms with van der Waals surface area (Å²) >= 11 is 0. The van der Waals surface area contributed by atoms with Gasteiger partial charge < -0.3 is 9.88 Å². The molecule has 0 aliphatic heterocycles. The van der Waals surface area contributed by atoms with Crippen LogP contribution < -0.4 is 11.2 Å². The van der Waals surface area contributed by atoms with E-state index in [0.717, 1.165) is 17.4 Å². The maximum atomic E-state index is 13.3. The third kappa shape index (κ3) is 3.99. The summed E-state index contributed by atoms with van der Waals surface area (Å²) in [6.07, 6.45) is 4.84. The number of carbonyl (C=O) groups excluding carboxylic acids is 1. The first-order valence-corrected chi connectivity index (χ1v) is 11.8. The molecule has 170 valence electrons. The first kappa shape index (κ1) is 22.0. The molecule has 0 radical (unpaired) electrons. The highest BCUT2D eigenvalue weighted by atomic mass is 32.2. The van der Waals surface area contributed by atoms with E-state index in [-0.39, 0.29) is 39.1 Å². The Morgan fingerprint density at radius 3 is 2.50 bits per heavy atom. The number of rotatable bonds is 6. The smallest absolute Gasteiger partial charge is 0.329 e. The van der Waals surface area contributed by atoms with Crippen molar-refractivity contribution >= 4 is 26.6 Å². The van der Waals surface area contributed by atoms with Crippen molar-refractivity contribution in [2.45, 2.75) is 31.2 Å². The lowest BCUT2D eigenvalue weighted by atomic mass is 10.1. The van der Waals surface area contributed by atoms with Gasteiger partial charge in [0.25, 0.3) is 11.5 Å². The summed E-state index contributed by atoms with van der Waals surface area (Å²) in [6.45, 7) is 1.86. The number of hydrogen-bond acceptors (Lipinski definition) is 6. The summed E-state index contributed by atoms with van der Waals surface area (Å²) in [5.74, 6) is -0.571. The molecule has 1 aliphatic carbocycles. The van der Waals surface area contributed by atoms with E-state index in [4.69, 9.17) is 0 Å². The van der Waals surface area contributed by atoms with Gasteiger partial charge in [-0.1, -0.05) is 6.92 Å². The third-order valence-corrected chi connectivity index (χ3v) is 7.83. The predicted octanol–water partition coefficient (Wildman–Crippen LogP) is 0.747. The standard InChI is InChI=1S/C21H25N5O5S/c1-21(5-6-21)12-32(30,31)14-7-15(18(27)24(2)3)17-16(8-14)19(28)26(20(29)23-17)11-13-9-22-25(4)10-13/h7-10H,5-6,11-12H2,1-4H3,(H,23,29). The van der Waals surface area contributed by atoms with Crippen LogP contribution in [0.2, 0.25) is 0 Å². The van der Waals surface area contributed by atoms with E-state index in [1.807, 2.05) is 6.92 Å². The van der Waals surface area contributed by atoms with Gasteiger partial charge >= 0.3 is 5.69 Å². The van der Waals surface area contributed by atoms with Gasteiger partial charge in [-0.05, 0) is 30.4 Å². The van der Waals surface area contributed by atoms with Crippen LogP contribution in [0.3, 0.4) is 0 Å². The number of aromatic nitrogens is 4. The average Bonchev–Trinajstić information content (AvgIpc) is 3.27. The fourth-order valence-corrected chi connectivity index (χ4v) is 5.67. The predicted molar refractivity (Wildman–Crippen MR) is 119 cm³/mol. The summed E-state index contributed by atoms with van der Waals surface area (Å²) in [6, 6.07) is 2.52. The van der Waals surface area contributed by atoms with Gasteiger partial charge in [0.05, 0.1) is 39.9 Å². The van der Waals surface area contributed by atoms with E-state index in [9.17, 15) is 22.8 Å². The number of carbonyl (C=O) groups is 1. The molecular weight excluding hydrogens is 434 g/mol. The number of aryl methyl sites for hydroxylation is 1. The molecular formula is C21H25N5O5S. The summed E-state index contributed by atoms with van der Waals surface area (Å²) in [7, 11) is 1.000. The largest absolute Gasteiger partial charge is 0.345 e. The zero-order chi connectivity index (χ0) is 23.4. The van der Waals surface area contributed by atoms with E-state index >= 15 is 0 Å². The van der Waals surface area contributed by atoms with Crippen LogP contribution in [0, 0.1) is 5.41 Å². The second kappa shape index (κ2) is 7.44. The Bertz CT molecular complexity index is 1460. The molecule has 1 amide bonds. The third-order valence-electron chi connectivity index (χ3n) is 5.80. The zero-order valence-electron chi connectivity index (χ0n) is 18.4. The molecule has 1 fully saturated rings. The molecule has 10 nitrogen and oxygen atoms in total. The van der Waals surface area contributed by atoms with Crippen LogP contribution in [0.25, 0.3) is 10.9 Å². The molecule has 0 atom stereocenters. The van der Waals surface area contributed by atoms with Crippen molar-refractivity contribution in [3.8, 4) is 0 Å². The normalized spacial score (nSPS) is 15.1. The number of benzene rings is 1. The molecule has 0 bridgehead atoms. The monoisotopic (exact) mass is 459 g/mol. The molecule has 1 aliphatic rings. The molecule has 4 rings (SSSR count). The average molecular weight is 460 g/mol. The molecule has 32 heavy (non-hydrogen) atoms. The topological polar surface area (TPSA) is 127 Å². The minimum atomic E-state index is -3.75. The van der Waals surface area contributed by atoms with Gasteiger partial charge in [-0.15, -0.1) is 0 Å². The van der Waals surface area contributed by atoms with Crippen molar-refractivity contribution in [3.05, 3.63) is 56.5 Å². The Morgan fingerprint density at radius 1 is 1.25 bits per heavy atom. The van der Waals surface area contributed by atoms with E-state index in [1.165, 1.54) is 37.3 Å². The zero-order valence-corrected chi connectivity index (χ0v) is 19.2. The molecule has 0 spiro atoms. The minimum Gasteiger partial charge on any atom is -0.345 e. The first-order valence-electron chi connectivity index (χ1n) is 10.1. The number of amides is 1. The fourth-order valence-electron chi connectivity index (χ4n) is 3.70. The van der Waals surface area contributed by atoms with Gasteiger partial charge in [0.15, 0.2) is 9.84 Å². The quantitative estimate of drug-likeness (QED) is 0.579. The summed E-state index contributed by atoms with van der Waals surface area (Å²) in [5.41, 5.74) is -1.03. The number of aromatic amines is 1. The van der Waals surface area contributed by atoms with Gasteiger partial charge in [0.1, 0.15) is 0 Å². The maximum Gasteiger partial charge on any atom is 0.329 e. The summed E-state index contributed by atoms with van der Waals surface area (Å²) < 4.78 is 28.8. The Kier molecular flexibility index (Phi) is 5.11. The number of nitrogens with zero attached hydrogens (tertiary/aromatic N) is 4. The van der Waals surface area contributed by atoms with E-state index < -0.39 is 27.0 Å². The van der Waals surface area contributed by atoms with Gasteiger partial charge in [0.2, 0.25) is 0 Å². The van der Waals surface area contributed by atoms with Crippen LogP contribution in [-0.4, -0.2) is 58.4 Å². The Morgan fingerprint density at radius 2 is 1.94 bits per heavy atom. The van der Waals surface area contributed by atoms with E-state index in [2.05, 4.69) is 10.1 Å². The second-order valence-corrected chi connectivity index (χ2v) is 11.0. The van der Waals surface area contributed by atoms with Crippen LogP contribution in [0.15, 0.2) is 39.0 Å². The van der Waals surface area contributed by atoms with Crippen LogP contribution in [0.5, 0.6) is 0 Å². The molecule has 3 aromatic rings. The lowest BCUT2D eigenvalue weighted by Crippen LogP contribution is -2.36. The van der Waals surface area contributed by atoms with Crippen LogP contribution >= 0.6 is 0 Å². The Balaban J connectivity index is 1.95. The van der Waals surface area contributed by atoms with Crippen molar-refractivity contribution < 1.29 is 13.2 Å². The van der Waals surface area contributed by atoms with Crippen LogP contribution in [0.1, 0.15) is 35.7 Å². The fraction of sp³-hybridized carbons (Fsp3) is 0.429. The number of hydrogen-bond donors (Lipinski definition) is 1. The van der Waals surface area contributed by atoms with Crippen molar-refractivity contribution in [1.82, 2.24) is 24.2 Å². The lowest BCUT2D eigenvalue weighted by molar-refractivity contribution is 0.0829. The summed E-state index contributed by atoms with van der Waals surface area (Å²) in [5, 5.41) is 4.01. The lowest BCUT2D eigenvalue weighted by Gasteiger charge is -2.16. The van der Waals surface area contributed by atoms with Crippen LogP contribution in [0.4, 0.5) is 0 Å². The SMILES string of the molecule is CN(C)C(=O)c1cc(S(=O)(=O)CC2(C)CC2)cc2c(=O)n(Cc3cnn(C)c3)c(=O)[nH]c12. The molecule has 11 heteroatoms. The first-order chi connectivity index (χ1) is 14.9. The summed E-state index contributed by atoms with van der Waals surface area (Å²) in [4.78, 5) is 42.6. The molecule has 1 aromatic carbocycles. The van der Waals surface area contributed by atoms with E-state index in [0.29, 0.717) is 5.56 Å². The number of H-pyrrole nitrogens is 1. The van der Waals surface area contributed by atoms with Gasteiger partial charge in [0, 0.05) is 32.9 Å². The van der Waals surface area contributed by atoms with Crippen molar-refractivity contribution in [1.29, 1.82) is 0 Å².